The van der Waals surface area contributed by atoms with Crippen LogP contribution in [0.3, 0.4) is 0 Å². The predicted molar refractivity (Wildman–Crippen MR) is 97.4 cm³/mol. The first-order chi connectivity index (χ1) is 12.0. The molecular formula is C20H24N2O3. The maximum Gasteiger partial charge on any atom is 0.269 e. The Bertz CT molecular complexity index is 756. The van der Waals surface area contributed by atoms with E-state index in [-0.39, 0.29) is 18.2 Å². The maximum atomic E-state index is 12.1. The topological polar surface area (TPSA) is 67.4 Å². The monoisotopic (exact) mass is 340 g/mol. The highest BCUT2D eigenvalue weighted by atomic mass is 16.5. The summed E-state index contributed by atoms with van der Waals surface area (Å²) in [6.45, 7) is 6.28. The van der Waals surface area contributed by atoms with Crippen LogP contribution in [0.25, 0.3) is 0 Å². The van der Waals surface area contributed by atoms with Crippen molar-refractivity contribution in [1.29, 1.82) is 0 Å². The van der Waals surface area contributed by atoms with Gasteiger partial charge in [-0.2, -0.15) is 0 Å². The Labute approximate surface area is 148 Å². The van der Waals surface area contributed by atoms with Crippen molar-refractivity contribution >= 4 is 11.8 Å². The summed E-state index contributed by atoms with van der Waals surface area (Å²) in [5.41, 5.74) is 8.52. The van der Waals surface area contributed by atoms with Gasteiger partial charge in [0, 0.05) is 12.0 Å². The number of carbonyl (C=O) groups excluding carboxylic acids is 2. The molecule has 2 N–H and O–H groups in total. The number of hydrazine groups is 1. The molecule has 132 valence electrons. The molecule has 25 heavy (non-hydrogen) atoms. The summed E-state index contributed by atoms with van der Waals surface area (Å²) in [5, 5.41) is 0. The Balaban J connectivity index is 1.69. The van der Waals surface area contributed by atoms with E-state index in [1.54, 1.807) is 6.07 Å². The van der Waals surface area contributed by atoms with Crippen molar-refractivity contribution in [3.05, 3.63) is 64.7 Å². The molecule has 0 bridgehead atoms. The minimum absolute atomic E-state index is 0.244. The van der Waals surface area contributed by atoms with Gasteiger partial charge in [-0.15, -0.1) is 0 Å². The van der Waals surface area contributed by atoms with Crippen LogP contribution in [0.1, 0.15) is 39.9 Å². The second kappa shape index (κ2) is 8.87. The van der Waals surface area contributed by atoms with Crippen molar-refractivity contribution in [1.82, 2.24) is 10.9 Å². The van der Waals surface area contributed by atoms with Crippen LogP contribution in [0.15, 0.2) is 42.5 Å². The number of carbonyl (C=O) groups is 2. The molecule has 0 saturated carbocycles. The van der Waals surface area contributed by atoms with Crippen LogP contribution in [0.4, 0.5) is 0 Å². The summed E-state index contributed by atoms with van der Waals surface area (Å²) in [6, 6.07) is 13.3. The third-order valence-corrected chi connectivity index (χ3v) is 3.75. The fraction of sp³-hybridized carbons (Fsp3) is 0.300. The molecule has 5 heteroatoms. The average Bonchev–Trinajstić information content (AvgIpc) is 2.56. The van der Waals surface area contributed by atoms with Crippen molar-refractivity contribution < 1.29 is 14.3 Å². The number of amides is 2. The van der Waals surface area contributed by atoms with Gasteiger partial charge in [-0.3, -0.25) is 20.4 Å². The molecule has 0 spiro atoms. The molecule has 5 nitrogen and oxygen atoms in total. The molecule has 0 heterocycles. The second-order valence-corrected chi connectivity index (χ2v) is 6.09. The van der Waals surface area contributed by atoms with E-state index in [9.17, 15) is 9.59 Å². The van der Waals surface area contributed by atoms with Crippen LogP contribution in [0.2, 0.25) is 0 Å². The highest BCUT2D eigenvalue weighted by Gasteiger charge is 2.10. The quantitative estimate of drug-likeness (QED) is 0.627. The summed E-state index contributed by atoms with van der Waals surface area (Å²) in [4.78, 5) is 23.9. The zero-order valence-electron chi connectivity index (χ0n) is 14.9. The third-order valence-electron chi connectivity index (χ3n) is 3.75. The van der Waals surface area contributed by atoms with Crippen LogP contribution in [0.5, 0.6) is 5.75 Å². The van der Waals surface area contributed by atoms with E-state index in [4.69, 9.17) is 4.74 Å². The average molecular weight is 340 g/mol. The predicted octanol–water partition coefficient (Wildman–Crippen LogP) is 3.23. The van der Waals surface area contributed by atoms with Gasteiger partial charge >= 0.3 is 0 Å². The van der Waals surface area contributed by atoms with Crippen molar-refractivity contribution in [2.45, 2.75) is 33.6 Å². The second-order valence-electron chi connectivity index (χ2n) is 6.09. The lowest BCUT2D eigenvalue weighted by molar-refractivity contribution is -0.122. The summed E-state index contributed by atoms with van der Waals surface area (Å²) < 4.78 is 5.59. The van der Waals surface area contributed by atoms with E-state index < -0.39 is 0 Å². The summed E-state index contributed by atoms with van der Waals surface area (Å²) in [5.74, 6) is 0.233. The highest BCUT2D eigenvalue weighted by molar-refractivity contribution is 5.96. The zero-order valence-corrected chi connectivity index (χ0v) is 14.9. The van der Waals surface area contributed by atoms with Crippen LogP contribution in [-0.2, 0) is 4.79 Å². The molecule has 0 aliphatic heterocycles. The minimum atomic E-state index is -0.318. The van der Waals surface area contributed by atoms with Gasteiger partial charge in [-0.05, 0) is 56.5 Å². The van der Waals surface area contributed by atoms with Crippen LogP contribution in [0, 0.1) is 20.8 Å². The number of hydrogen-bond donors (Lipinski definition) is 2. The molecule has 0 saturated heterocycles. The lowest BCUT2D eigenvalue weighted by atomic mass is 10.1. The van der Waals surface area contributed by atoms with Gasteiger partial charge in [0.05, 0.1) is 6.61 Å². The van der Waals surface area contributed by atoms with Gasteiger partial charge < -0.3 is 4.74 Å². The van der Waals surface area contributed by atoms with Crippen LogP contribution < -0.4 is 15.6 Å². The van der Waals surface area contributed by atoms with E-state index >= 15 is 0 Å². The van der Waals surface area contributed by atoms with Crippen LogP contribution >= 0.6 is 0 Å². The number of rotatable bonds is 6. The van der Waals surface area contributed by atoms with Crippen molar-refractivity contribution in [3.63, 3.8) is 0 Å². The molecule has 2 amide bonds. The zero-order chi connectivity index (χ0) is 18.2. The Morgan fingerprint density at radius 3 is 2.44 bits per heavy atom. The molecular weight excluding hydrogens is 316 g/mol. The molecule has 2 aromatic carbocycles. The van der Waals surface area contributed by atoms with E-state index in [0.717, 1.165) is 22.4 Å². The van der Waals surface area contributed by atoms with E-state index in [0.29, 0.717) is 18.6 Å². The number of benzene rings is 2. The van der Waals surface area contributed by atoms with Gasteiger partial charge in [-0.1, -0.05) is 29.8 Å². The molecule has 0 aliphatic rings. The van der Waals surface area contributed by atoms with E-state index in [1.807, 2.05) is 57.2 Å². The number of hydrogen-bond acceptors (Lipinski definition) is 3. The molecule has 0 atom stereocenters. The first-order valence-corrected chi connectivity index (χ1v) is 8.31. The first kappa shape index (κ1) is 18.5. The smallest absolute Gasteiger partial charge is 0.269 e. The van der Waals surface area contributed by atoms with Crippen LogP contribution in [-0.4, -0.2) is 18.4 Å². The van der Waals surface area contributed by atoms with Gasteiger partial charge in [0.15, 0.2) is 0 Å². The summed E-state index contributed by atoms with van der Waals surface area (Å²) in [7, 11) is 0. The molecule has 2 aromatic rings. The minimum Gasteiger partial charge on any atom is -0.494 e. The van der Waals surface area contributed by atoms with Crippen molar-refractivity contribution in [2.24, 2.45) is 0 Å². The van der Waals surface area contributed by atoms with Gasteiger partial charge in [0.25, 0.3) is 5.91 Å². The molecule has 0 radical (unpaired) electrons. The maximum absolute atomic E-state index is 12.1. The fourth-order valence-corrected chi connectivity index (χ4v) is 2.45. The molecule has 0 aromatic heterocycles. The largest absolute Gasteiger partial charge is 0.494 e. The van der Waals surface area contributed by atoms with Crippen molar-refractivity contribution in [3.8, 4) is 5.75 Å². The molecule has 0 unspecified atom stereocenters. The van der Waals surface area contributed by atoms with E-state index in [2.05, 4.69) is 10.9 Å². The number of aryl methyl sites for hydroxylation is 3. The third kappa shape index (κ3) is 5.95. The normalized spacial score (nSPS) is 10.2. The summed E-state index contributed by atoms with van der Waals surface area (Å²) >= 11 is 0. The molecule has 0 fully saturated rings. The number of ether oxygens (including phenoxy) is 1. The Kier molecular flexibility index (Phi) is 6.57. The van der Waals surface area contributed by atoms with E-state index in [1.165, 1.54) is 0 Å². The van der Waals surface area contributed by atoms with Crippen molar-refractivity contribution in [2.75, 3.05) is 6.61 Å². The SMILES string of the molecule is Cc1cccc(OCCCC(=O)NNC(=O)c2ccc(C)cc2C)c1. The Morgan fingerprint density at radius 1 is 0.960 bits per heavy atom. The number of nitrogens with one attached hydrogen (secondary N) is 2. The Hall–Kier alpha value is -2.82. The van der Waals surface area contributed by atoms with Gasteiger partial charge in [0.1, 0.15) is 5.75 Å². The molecule has 2 rings (SSSR count). The van der Waals surface area contributed by atoms with Gasteiger partial charge in [0.2, 0.25) is 5.91 Å². The summed E-state index contributed by atoms with van der Waals surface area (Å²) in [6.07, 6.45) is 0.845. The highest BCUT2D eigenvalue weighted by Crippen LogP contribution is 2.12. The van der Waals surface area contributed by atoms with Gasteiger partial charge in [-0.25, -0.2) is 0 Å². The lowest BCUT2D eigenvalue weighted by Crippen LogP contribution is -2.41. The standard InChI is InChI=1S/C20H24N2O3/c1-14-6-4-7-17(13-14)25-11-5-8-19(23)21-22-20(24)18-10-9-15(2)12-16(18)3/h4,6-7,9-10,12-13H,5,8,11H2,1-3H3,(H,21,23)(H,22,24). The first-order valence-electron chi connectivity index (χ1n) is 8.31. The lowest BCUT2D eigenvalue weighted by Gasteiger charge is -2.10. The fourth-order valence-electron chi connectivity index (χ4n) is 2.45. The molecule has 0 aliphatic carbocycles. The Morgan fingerprint density at radius 2 is 1.72 bits per heavy atom.